The average Bonchev–Trinajstić information content (AvgIpc) is 3.89. The molecule has 4 aromatic carbocycles. The van der Waals surface area contributed by atoms with Crippen molar-refractivity contribution >= 4 is 59.0 Å². The Kier molecular flexibility index (Phi) is 19.5. The van der Waals surface area contributed by atoms with Gasteiger partial charge >= 0.3 is 6.09 Å². The summed E-state index contributed by atoms with van der Waals surface area (Å²) >= 11 is 6.10. The molecule has 1 saturated heterocycles. The molecule has 2 heterocycles. The first-order chi connectivity index (χ1) is 36.1. The van der Waals surface area contributed by atoms with Crippen LogP contribution in [0.15, 0.2) is 84.9 Å². The Hall–Kier alpha value is -7.67. The van der Waals surface area contributed by atoms with Crippen LogP contribution in [-0.2, 0) is 39.9 Å². The quantitative estimate of drug-likeness (QED) is 0.0769. The lowest BCUT2D eigenvalue weighted by atomic mass is 9.93. The van der Waals surface area contributed by atoms with Gasteiger partial charge in [-0.25, -0.2) is 4.79 Å². The van der Waals surface area contributed by atoms with Crippen LogP contribution in [0.25, 0.3) is 22.3 Å². The Balaban J connectivity index is 1.32. The van der Waals surface area contributed by atoms with Crippen LogP contribution in [0.2, 0.25) is 5.02 Å². The van der Waals surface area contributed by atoms with E-state index in [0.29, 0.717) is 71.0 Å². The van der Waals surface area contributed by atoms with Gasteiger partial charge in [0.1, 0.15) is 53.4 Å². The number of likely N-dealkylation sites (tertiary alicyclic amines) is 1. The van der Waals surface area contributed by atoms with Gasteiger partial charge in [0.05, 0.1) is 14.2 Å². The number of nitrogens with zero attached hydrogens (tertiary/aromatic N) is 2. The molecule has 0 radical (unpaired) electrons. The molecule has 1 fully saturated rings. The van der Waals surface area contributed by atoms with Gasteiger partial charge in [0.2, 0.25) is 35.4 Å². The summed E-state index contributed by atoms with van der Waals surface area (Å²) in [6.07, 6.45) is 1.28. The molecule has 2 aliphatic heterocycles. The van der Waals surface area contributed by atoms with Crippen LogP contribution in [0.3, 0.4) is 0 Å². The van der Waals surface area contributed by atoms with Crippen molar-refractivity contribution in [3.8, 4) is 33.8 Å². The average molecular weight is 1070 g/mol. The Morgan fingerprint density at radius 3 is 2.08 bits per heavy atom. The van der Waals surface area contributed by atoms with Crippen LogP contribution in [0.5, 0.6) is 11.5 Å². The SMILES string of the molecule is CNC(=O)[C@@H]1CCCN1C(=O)[C@H](C)NC(=O)[C@@H]1Cc2ccc(OC)c(c2)-c2cc(ccc2OC)[C@H](N(C)C(=O)[C@H](CCCCNC(=O)OC(C)(C)C)NC(=O)c2ccc(-c3ccc(Cl)cc3)cc2)C(=O)N[C@@H](C)C(=O)N1. The number of hydrogen-bond acceptors (Lipinski definition) is 11. The van der Waals surface area contributed by atoms with Crippen molar-refractivity contribution in [3.05, 3.63) is 107 Å². The third-order valence-electron chi connectivity index (χ3n) is 13.2. The maximum absolute atomic E-state index is 15.1. The molecule has 19 nitrogen and oxygen atoms in total. The molecule has 20 heteroatoms. The van der Waals surface area contributed by atoms with E-state index in [1.165, 1.54) is 52.0 Å². The number of fused-ring (bicyclic) bond motifs is 5. The first-order valence-electron chi connectivity index (χ1n) is 25.3. The zero-order valence-electron chi connectivity index (χ0n) is 44.5. The van der Waals surface area contributed by atoms with Crippen molar-refractivity contribution in [1.82, 2.24) is 41.7 Å². The monoisotopic (exact) mass is 1060 g/mol. The summed E-state index contributed by atoms with van der Waals surface area (Å²) < 4.78 is 17.0. The smallest absolute Gasteiger partial charge is 0.407 e. The second kappa shape index (κ2) is 25.7. The van der Waals surface area contributed by atoms with E-state index in [4.69, 9.17) is 25.8 Å². The van der Waals surface area contributed by atoms with Crippen LogP contribution in [0.4, 0.5) is 4.79 Å². The third kappa shape index (κ3) is 14.6. The minimum atomic E-state index is -1.42. The molecule has 0 spiro atoms. The van der Waals surface area contributed by atoms with Crippen molar-refractivity contribution in [3.63, 3.8) is 0 Å². The van der Waals surface area contributed by atoms with Crippen molar-refractivity contribution < 1.29 is 52.6 Å². The van der Waals surface area contributed by atoms with Crippen molar-refractivity contribution in [1.29, 1.82) is 0 Å². The first-order valence-corrected chi connectivity index (χ1v) is 25.7. The highest BCUT2D eigenvalue weighted by Crippen LogP contribution is 2.40. The van der Waals surface area contributed by atoms with E-state index < -0.39 is 83.4 Å². The molecular weight excluding hydrogens is 996 g/mol. The molecule has 4 aromatic rings. The number of likely N-dealkylation sites (N-methyl/N-ethyl adjacent to an activating group) is 2. The summed E-state index contributed by atoms with van der Waals surface area (Å²) in [5.41, 5.74) is 3.13. The summed E-state index contributed by atoms with van der Waals surface area (Å²) in [6, 6.07) is 17.3. The van der Waals surface area contributed by atoms with Gasteiger partial charge < -0.3 is 55.9 Å². The van der Waals surface area contributed by atoms with Gasteiger partial charge in [-0.3, -0.25) is 33.6 Å². The lowest BCUT2D eigenvalue weighted by molar-refractivity contribution is -0.142. The second-order valence-corrected chi connectivity index (χ2v) is 20.3. The minimum Gasteiger partial charge on any atom is -0.496 e. The highest BCUT2D eigenvalue weighted by Gasteiger charge is 2.39. The third-order valence-corrected chi connectivity index (χ3v) is 13.5. The Morgan fingerprint density at radius 2 is 1.45 bits per heavy atom. The first kappa shape index (κ1) is 57.6. The molecule has 406 valence electrons. The number of amides is 8. The number of hydrogen-bond donors (Lipinski definition) is 6. The van der Waals surface area contributed by atoms with Gasteiger partial charge in [-0.05, 0) is 138 Å². The predicted octanol–water partition coefficient (Wildman–Crippen LogP) is 5.47. The summed E-state index contributed by atoms with van der Waals surface area (Å²) in [5, 5.41) is 17.0. The van der Waals surface area contributed by atoms with Gasteiger partial charge in [-0.15, -0.1) is 0 Å². The molecule has 0 aliphatic carbocycles. The van der Waals surface area contributed by atoms with E-state index in [0.717, 1.165) is 11.1 Å². The summed E-state index contributed by atoms with van der Waals surface area (Å²) in [4.78, 5) is 114. The lowest BCUT2D eigenvalue weighted by Gasteiger charge is -2.33. The largest absolute Gasteiger partial charge is 0.496 e. The van der Waals surface area contributed by atoms with E-state index in [1.54, 1.807) is 93.6 Å². The number of nitrogens with one attached hydrogen (secondary N) is 6. The van der Waals surface area contributed by atoms with E-state index in [-0.39, 0.29) is 30.9 Å². The maximum atomic E-state index is 15.1. The zero-order chi connectivity index (χ0) is 55.4. The highest BCUT2D eigenvalue weighted by atomic mass is 35.5. The van der Waals surface area contributed by atoms with E-state index in [1.807, 2.05) is 12.1 Å². The number of alkyl carbamates (subject to hydrolysis) is 1. The Morgan fingerprint density at radius 1 is 0.816 bits per heavy atom. The zero-order valence-corrected chi connectivity index (χ0v) is 45.2. The molecule has 76 heavy (non-hydrogen) atoms. The van der Waals surface area contributed by atoms with Crippen molar-refractivity contribution in [2.45, 2.75) is 115 Å². The number of benzene rings is 4. The van der Waals surface area contributed by atoms with Gasteiger partial charge in [-0.1, -0.05) is 48.0 Å². The van der Waals surface area contributed by atoms with E-state index in [2.05, 4.69) is 31.9 Å². The van der Waals surface area contributed by atoms with Crippen LogP contribution in [-0.4, -0.2) is 134 Å². The van der Waals surface area contributed by atoms with Crippen LogP contribution in [0, 0.1) is 0 Å². The fourth-order valence-electron chi connectivity index (χ4n) is 9.25. The number of methoxy groups -OCH3 is 2. The van der Waals surface area contributed by atoms with Gasteiger partial charge in [0.15, 0.2) is 0 Å². The van der Waals surface area contributed by atoms with Gasteiger partial charge in [-0.2, -0.15) is 0 Å². The van der Waals surface area contributed by atoms with Gasteiger partial charge in [0.25, 0.3) is 5.91 Å². The maximum Gasteiger partial charge on any atom is 0.407 e. The lowest BCUT2D eigenvalue weighted by Crippen LogP contribution is -2.58. The highest BCUT2D eigenvalue weighted by molar-refractivity contribution is 6.30. The Labute approximate surface area is 448 Å². The van der Waals surface area contributed by atoms with E-state index in [9.17, 15) is 33.6 Å². The molecule has 6 atom stereocenters. The van der Waals surface area contributed by atoms with Crippen LogP contribution >= 0.6 is 11.6 Å². The number of rotatable bonds is 16. The van der Waals surface area contributed by atoms with Gasteiger partial charge in [0, 0.05) is 55.3 Å². The minimum absolute atomic E-state index is 0.0563. The van der Waals surface area contributed by atoms with Crippen molar-refractivity contribution in [2.24, 2.45) is 0 Å². The molecule has 0 saturated carbocycles. The fourth-order valence-corrected chi connectivity index (χ4v) is 9.38. The molecule has 0 unspecified atom stereocenters. The molecule has 2 aliphatic rings. The van der Waals surface area contributed by atoms with Crippen molar-refractivity contribution in [2.75, 3.05) is 41.4 Å². The molecular formula is C56H69ClN8O11. The molecule has 0 aromatic heterocycles. The molecule has 4 bridgehead atoms. The summed E-state index contributed by atoms with van der Waals surface area (Å²) in [6.45, 7) is 8.75. The Bertz CT molecular complexity index is 2780. The fraction of sp³-hybridized carbons (Fsp3) is 0.429. The number of carbonyl (C=O) groups is 8. The van der Waals surface area contributed by atoms with Crippen LogP contribution in [0.1, 0.15) is 94.2 Å². The number of carbonyl (C=O) groups excluding carboxylic acids is 8. The topological polar surface area (TPSA) is 243 Å². The van der Waals surface area contributed by atoms with Crippen LogP contribution < -0.4 is 41.4 Å². The summed E-state index contributed by atoms with van der Waals surface area (Å²) in [5.74, 6) is -3.39. The molecule has 6 rings (SSSR count). The standard InChI is InChI=1S/C56H69ClN8O11/c1-32-48(66)63-43(50(68)61-33(2)53(71)65-28-12-14-44(65)51(69)58-6)30-34-15-25-45(74-8)40(29-34)41-31-38(22-26-46(41)75-9)47(52(70)60-32)64(7)54(72)42(13-10-11-27-59-55(73)76-56(3,4)5)62-49(67)37-18-16-35(17-19-37)36-20-23-39(57)24-21-36/h15-26,29,31-33,42-44,47H,10-14,27-28,30H2,1-9H3,(H,58,69)(H,59,73)(H,60,70)(H,61,68)(H,62,67)(H,63,66)/t32-,33-,42-,43-,44-,47-/m0/s1. The second-order valence-electron chi connectivity index (χ2n) is 19.9. The number of ether oxygens (including phenoxy) is 3. The summed E-state index contributed by atoms with van der Waals surface area (Å²) in [7, 11) is 5.88. The van der Waals surface area contributed by atoms with E-state index >= 15 is 4.79 Å². The normalized spacial score (nSPS) is 18.3. The predicted molar refractivity (Wildman–Crippen MR) is 286 cm³/mol. The number of unbranched alkanes of at least 4 members (excludes halogenated alkanes) is 1. The molecule has 6 N–H and O–H groups in total. The number of halogens is 1. The molecule has 8 amide bonds.